The van der Waals surface area contributed by atoms with Gasteiger partial charge in [0.1, 0.15) is 5.82 Å². The Morgan fingerprint density at radius 1 is 1.42 bits per heavy atom. The van der Waals surface area contributed by atoms with Crippen molar-refractivity contribution >= 4 is 11.8 Å². The molecule has 0 fully saturated rings. The van der Waals surface area contributed by atoms with E-state index in [1.165, 1.54) is 12.4 Å². The van der Waals surface area contributed by atoms with E-state index in [1.54, 1.807) is 4.90 Å². The van der Waals surface area contributed by atoms with E-state index >= 15 is 0 Å². The Bertz CT molecular complexity index is 281. The summed E-state index contributed by atoms with van der Waals surface area (Å²) in [6.07, 6.45) is 2.65. The smallest absolute Gasteiger partial charge is 0.356 e. The summed E-state index contributed by atoms with van der Waals surface area (Å²) in [5.74, 6) is -0.423. The van der Waals surface area contributed by atoms with E-state index in [4.69, 9.17) is 5.11 Å². The van der Waals surface area contributed by atoms with Crippen molar-refractivity contribution in [1.29, 1.82) is 0 Å². The first-order valence-corrected chi connectivity index (χ1v) is 3.34. The highest BCUT2D eigenvalue weighted by Gasteiger charge is 2.04. The van der Waals surface area contributed by atoms with Gasteiger partial charge in [-0.15, -0.1) is 0 Å². The van der Waals surface area contributed by atoms with Crippen LogP contribution < -0.4 is 4.90 Å². The van der Waals surface area contributed by atoms with Crippen molar-refractivity contribution in [2.45, 2.75) is 0 Å². The van der Waals surface area contributed by atoms with Gasteiger partial charge in [0.2, 0.25) is 0 Å². The maximum absolute atomic E-state index is 10.4. The zero-order valence-corrected chi connectivity index (χ0v) is 6.85. The summed E-state index contributed by atoms with van der Waals surface area (Å²) in [6.45, 7) is 0. The summed E-state index contributed by atoms with van der Waals surface area (Å²) in [4.78, 5) is 19.7. The average Bonchev–Trinajstić information content (AvgIpc) is 2.04. The van der Waals surface area contributed by atoms with Gasteiger partial charge >= 0.3 is 5.97 Å². The second kappa shape index (κ2) is 3.17. The van der Waals surface area contributed by atoms with E-state index < -0.39 is 5.97 Å². The van der Waals surface area contributed by atoms with Gasteiger partial charge in [-0.1, -0.05) is 0 Å². The quantitative estimate of drug-likeness (QED) is 0.683. The maximum Gasteiger partial charge on any atom is 0.356 e. The predicted molar refractivity (Wildman–Crippen MR) is 43.3 cm³/mol. The molecule has 5 nitrogen and oxygen atoms in total. The number of nitrogens with zero attached hydrogens (tertiary/aromatic N) is 3. The summed E-state index contributed by atoms with van der Waals surface area (Å²) >= 11 is 0. The Labute approximate surface area is 69.7 Å². The molecule has 0 radical (unpaired) electrons. The molecule has 1 heterocycles. The SMILES string of the molecule is CN(C)c1cnc(C(=O)O)cn1. The highest BCUT2D eigenvalue weighted by Crippen LogP contribution is 2.03. The number of anilines is 1. The van der Waals surface area contributed by atoms with Gasteiger partial charge in [-0.25, -0.2) is 14.8 Å². The number of hydrogen-bond donors (Lipinski definition) is 1. The van der Waals surface area contributed by atoms with Gasteiger partial charge < -0.3 is 10.0 Å². The molecule has 12 heavy (non-hydrogen) atoms. The van der Waals surface area contributed by atoms with E-state index in [0.717, 1.165) is 0 Å². The first kappa shape index (κ1) is 8.45. The molecule has 0 saturated heterocycles. The molecule has 0 aromatic carbocycles. The lowest BCUT2D eigenvalue weighted by molar-refractivity contribution is 0.0690. The van der Waals surface area contributed by atoms with Crippen LogP contribution in [-0.2, 0) is 0 Å². The summed E-state index contributed by atoms with van der Waals surface area (Å²) in [6, 6.07) is 0. The molecule has 0 atom stereocenters. The molecule has 0 aliphatic heterocycles. The molecule has 0 amide bonds. The fourth-order valence-corrected chi connectivity index (χ4v) is 0.663. The summed E-state index contributed by atoms with van der Waals surface area (Å²) < 4.78 is 0. The number of carboxylic acid groups (broad SMARTS) is 1. The Morgan fingerprint density at radius 3 is 2.42 bits per heavy atom. The molecule has 5 heteroatoms. The highest BCUT2D eigenvalue weighted by molar-refractivity contribution is 5.84. The molecule has 0 aliphatic carbocycles. The molecule has 0 spiro atoms. The molecule has 0 saturated carbocycles. The lowest BCUT2D eigenvalue weighted by Gasteiger charge is -2.09. The first-order valence-electron chi connectivity index (χ1n) is 3.34. The summed E-state index contributed by atoms with van der Waals surface area (Å²) in [7, 11) is 3.62. The molecule has 64 valence electrons. The van der Waals surface area contributed by atoms with Gasteiger partial charge in [-0.2, -0.15) is 0 Å². The fourth-order valence-electron chi connectivity index (χ4n) is 0.663. The van der Waals surface area contributed by atoms with E-state index in [-0.39, 0.29) is 5.69 Å². The Kier molecular flexibility index (Phi) is 2.23. The van der Waals surface area contributed by atoms with Crippen LogP contribution in [-0.4, -0.2) is 35.1 Å². The normalized spacial score (nSPS) is 9.50. The van der Waals surface area contributed by atoms with E-state index in [9.17, 15) is 4.79 Å². The molecule has 1 aromatic rings. The average molecular weight is 167 g/mol. The van der Waals surface area contributed by atoms with Crippen LogP contribution in [0.5, 0.6) is 0 Å². The summed E-state index contributed by atoms with van der Waals surface area (Å²) in [5, 5.41) is 8.50. The Morgan fingerprint density at radius 2 is 2.08 bits per heavy atom. The third kappa shape index (κ3) is 1.69. The Hall–Kier alpha value is -1.65. The molecule has 0 unspecified atom stereocenters. The topological polar surface area (TPSA) is 66.3 Å². The molecule has 1 N–H and O–H groups in total. The van der Waals surface area contributed by atoms with Crippen molar-refractivity contribution in [2.75, 3.05) is 19.0 Å². The maximum atomic E-state index is 10.4. The van der Waals surface area contributed by atoms with E-state index in [1.807, 2.05) is 14.1 Å². The van der Waals surface area contributed by atoms with Crippen LogP contribution in [0.4, 0.5) is 5.82 Å². The van der Waals surface area contributed by atoms with Crippen LogP contribution in [0.2, 0.25) is 0 Å². The third-order valence-corrected chi connectivity index (χ3v) is 1.32. The minimum Gasteiger partial charge on any atom is -0.476 e. The van der Waals surface area contributed by atoms with Crippen LogP contribution in [0.3, 0.4) is 0 Å². The number of rotatable bonds is 2. The lowest BCUT2D eigenvalue weighted by Crippen LogP contribution is -2.12. The number of hydrogen-bond acceptors (Lipinski definition) is 4. The van der Waals surface area contributed by atoms with Crippen molar-refractivity contribution in [2.24, 2.45) is 0 Å². The molecule has 1 aromatic heterocycles. The van der Waals surface area contributed by atoms with Crippen molar-refractivity contribution in [3.05, 3.63) is 18.1 Å². The summed E-state index contributed by atoms with van der Waals surface area (Å²) in [5.41, 5.74) is -0.0411. The standard InChI is InChI=1S/C7H9N3O2/c1-10(2)6-4-8-5(3-9-6)7(11)12/h3-4H,1-2H3,(H,11,12). The van der Waals surface area contributed by atoms with Gasteiger partial charge in [0.05, 0.1) is 12.4 Å². The van der Waals surface area contributed by atoms with Crippen molar-refractivity contribution < 1.29 is 9.90 Å². The minimum atomic E-state index is -1.06. The second-order valence-electron chi connectivity index (χ2n) is 2.46. The molecule has 0 aliphatic rings. The van der Waals surface area contributed by atoms with Crippen LogP contribution in [0.25, 0.3) is 0 Å². The van der Waals surface area contributed by atoms with Crippen molar-refractivity contribution in [3.8, 4) is 0 Å². The highest BCUT2D eigenvalue weighted by atomic mass is 16.4. The Balaban J connectivity index is 2.93. The van der Waals surface area contributed by atoms with Gasteiger partial charge in [0.15, 0.2) is 5.69 Å². The zero-order valence-electron chi connectivity index (χ0n) is 6.85. The molecule has 1 rings (SSSR count). The lowest BCUT2D eigenvalue weighted by atomic mass is 10.4. The van der Waals surface area contributed by atoms with Crippen LogP contribution >= 0.6 is 0 Å². The van der Waals surface area contributed by atoms with Crippen LogP contribution in [0.15, 0.2) is 12.4 Å². The van der Waals surface area contributed by atoms with Crippen LogP contribution in [0, 0.1) is 0 Å². The monoisotopic (exact) mass is 167 g/mol. The zero-order chi connectivity index (χ0) is 9.14. The molecular weight excluding hydrogens is 158 g/mol. The van der Waals surface area contributed by atoms with E-state index in [2.05, 4.69) is 9.97 Å². The van der Waals surface area contributed by atoms with Gasteiger partial charge in [0.25, 0.3) is 0 Å². The van der Waals surface area contributed by atoms with Crippen molar-refractivity contribution in [3.63, 3.8) is 0 Å². The van der Waals surface area contributed by atoms with Gasteiger partial charge in [-0.3, -0.25) is 0 Å². The number of aromatic nitrogens is 2. The van der Waals surface area contributed by atoms with Gasteiger partial charge in [0, 0.05) is 14.1 Å². The van der Waals surface area contributed by atoms with Crippen LogP contribution in [0.1, 0.15) is 10.5 Å². The van der Waals surface area contributed by atoms with Crippen molar-refractivity contribution in [1.82, 2.24) is 9.97 Å². The molecule has 0 bridgehead atoms. The first-order chi connectivity index (χ1) is 5.61. The minimum absolute atomic E-state index is 0.0411. The third-order valence-electron chi connectivity index (χ3n) is 1.32. The largest absolute Gasteiger partial charge is 0.476 e. The second-order valence-corrected chi connectivity index (χ2v) is 2.46. The number of carboxylic acids is 1. The van der Waals surface area contributed by atoms with Gasteiger partial charge in [-0.05, 0) is 0 Å². The predicted octanol–water partition coefficient (Wildman–Crippen LogP) is 0.241. The fraction of sp³-hybridized carbons (Fsp3) is 0.286. The van der Waals surface area contributed by atoms with E-state index in [0.29, 0.717) is 5.82 Å². The molecular formula is C7H9N3O2. The number of aromatic carboxylic acids is 1. The number of carbonyl (C=O) groups is 1.